The van der Waals surface area contributed by atoms with E-state index in [0.29, 0.717) is 0 Å². The van der Waals surface area contributed by atoms with Crippen molar-refractivity contribution in [2.75, 3.05) is 34.1 Å². The number of para-hydroxylation sites is 1. The van der Waals surface area contributed by atoms with E-state index >= 15 is 0 Å². The summed E-state index contributed by atoms with van der Waals surface area (Å²) in [5.41, 5.74) is 2.29. The molecule has 0 spiro atoms. The van der Waals surface area contributed by atoms with Gasteiger partial charge in [-0.15, -0.1) is 11.8 Å². The van der Waals surface area contributed by atoms with Gasteiger partial charge in [0.05, 0.1) is 26.2 Å². The van der Waals surface area contributed by atoms with Crippen LogP contribution in [0.1, 0.15) is 11.1 Å². The first-order chi connectivity index (χ1) is 11.7. The zero-order chi connectivity index (χ0) is 17.4. The van der Waals surface area contributed by atoms with Crippen molar-refractivity contribution in [2.24, 2.45) is 0 Å². The molecule has 0 aliphatic carbocycles. The molecule has 2 rings (SSSR count). The third-order valence-corrected chi connectivity index (χ3v) is 4.62. The average molecular weight is 347 g/mol. The molecule has 0 atom stereocenters. The minimum Gasteiger partial charge on any atom is -0.496 e. The summed E-state index contributed by atoms with van der Waals surface area (Å²) in [7, 11) is 5.10. The van der Waals surface area contributed by atoms with Crippen molar-refractivity contribution >= 4 is 11.8 Å². The number of hydrogen-bond donors (Lipinski definition) is 1. The first kappa shape index (κ1) is 18.5. The van der Waals surface area contributed by atoms with Gasteiger partial charge in [-0.05, 0) is 43.0 Å². The predicted octanol–water partition coefficient (Wildman–Crippen LogP) is 3.77. The maximum Gasteiger partial charge on any atom is 0.132 e. The van der Waals surface area contributed by atoms with Gasteiger partial charge in [-0.25, -0.2) is 0 Å². The first-order valence-electron chi connectivity index (χ1n) is 7.85. The van der Waals surface area contributed by atoms with Crippen LogP contribution in [0.3, 0.4) is 0 Å². The van der Waals surface area contributed by atoms with Crippen LogP contribution < -0.4 is 19.5 Å². The van der Waals surface area contributed by atoms with Crippen LogP contribution >= 0.6 is 11.8 Å². The lowest BCUT2D eigenvalue weighted by atomic mass is 10.1. The van der Waals surface area contributed by atoms with Gasteiger partial charge in [-0.1, -0.05) is 18.2 Å². The molecule has 24 heavy (non-hydrogen) atoms. The Labute approximate surface area is 148 Å². The fourth-order valence-corrected chi connectivity index (χ4v) is 3.15. The second-order valence-corrected chi connectivity index (χ2v) is 6.11. The Morgan fingerprint density at radius 3 is 2.25 bits per heavy atom. The van der Waals surface area contributed by atoms with Crippen LogP contribution in [0.5, 0.6) is 17.2 Å². The van der Waals surface area contributed by atoms with Gasteiger partial charge in [-0.2, -0.15) is 0 Å². The number of benzene rings is 2. The Kier molecular flexibility index (Phi) is 7.28. The van der Waals surface area contributed by atoms with E-state index in [9.17, 15) is 0 Å². The zero-order valence-electron chi connectivity index (χ0n) is 14.7. The van der Waals surface area contributed by atoms with Crippen molar-refractivity contribution in [2.45, 2.75) is 17.9 Å². The highest BCUT2D eigenvalue weighted by molar-refractivity contribution is 7.98. The summed E-state index contributed by atoms with van der Waals surface area (Å²) in [6.45, 7) is 1.61. The molecule has 130 valence electrons. The molecule has 2 aromatic rings. The summed E-state index contributed by atoms with van der Waals surface area (Å²) >= 11 is 1.65. The van der Waals surface area contributed by atoms with E-state index in [1.807, 2.05) is 30.5 Å². The Morgan fingerprint density at radius 2 is 1.58 bits per heavy atom. The van der Waals surface area contributed by atoms with Crippen molar-refractivity contribution in [1.82, 2.24) is 5.32 Å². The van der Waals surface area contributed by atoms with E-state index in [-0.39, 0.29) is 0 Å². The monoisotopic (exact) mass is 347 g/mol. The zero-order valence-corrected chi connectivity index (χ0v) is 15.5. The topological polar surface area (TPSA) is 39.7 Å². The number of hydrogen-bond acceptors (Lipinski definition) is 5. The van der Waals surface area contributed by atoms with Crippen molar-refractivity contribution in [1.29, 1.82) is 0 Å². The fourth-order valence-electron chi connectivity index (χ4n) is 2.58. The summed E-state index contributed by atoms with van der Waals surface area (Å²) < 4.78 is 16.4. The van der Waals surface area contributed by atoms with E-state index in [4.69, 9.17) is 14.2 Å². The molecule has 0 fully saturated rings. The largest absolute Gasteiger partial charge is 0.496 e. The van der Waals surface area contributed by atoms with Crippen molar-refractivity contribution in [3.63, 3.8) is 0 Å². The maximum atomic E-state index is 5.52. The summed E-state index contributed by atoms with van der Waals surface area (Å²) in [5, 5.41) is 3.46. The molecule has 0 heterocycles. The Balaban J connectivity index is 1.99. The SMILES string of the molecule is COc1cc(SC)c(OC)cc1CCNCc1ccccc1OC. The van der Waals surface area contributed by atoms with Crippen molar-refractivity contribution in [3.05, 3.63) is 47.5 Å². The number of ether oxygens (including phenoxy) is 3. The minimum atomic E-state index is 0.770. The van der Waals surface area contributed by atoms with E-state index in [0.717, 1.165) is 52.8 Å². The van der Waals surface area contributed by atoms with Crippen molar-refractivity contribution in [3.8, 4) is 17.2 Å². The predicted molar refractivity (Wildman–Crippen MR) is 99.7 cm³/mol. The molecule has 2 aromatic carbocycles. The van der Waals surface area contributed by atoms with Gasteiger partial charge in [0.25, 0.3) is 0 Å². The van der Waals surface area contributed by atoms with Gasteiger partial charge in [-0.3, -0.25) is 0 Å². The van der Waals surface area contributed by atoms with Crippen LogP contribution in [0, 0.1) is 0 Å². The molecular weight excluding hydrogens is 322 g/mol. The minimum absolute atomic E-state index is 0.770. The summed E-state index contributed by atoms with van der Waals surface area (Å²) in [4.78, 5) is 1.08. The smallest absolute Gasteiger partial charge is 0.132 e. The lowest BCUT2D eigenvalue weighted by Gasteiger charge is -2.14. The second-order valence-electron chi connectivity index (χ2n) is 5.26. The average Bonchev–Trinajstić information content (AvgIpc) is 2.64. The fraction of sp³-hybridized carbons (Fsp3) is 0.368. The molecule has 0 aliphatic heterocycles. The molecule has 0 unspecified atom stereocenters. The van der Waals surface area contributed by atoms with Crippen LogP contribution in [0.4, 0.5) is 0 Å². The Hall–Kier alpha value is -1.85. The number of rotatable bonds is 9. The van der Waals surface area contributed by atoms with E-state index in [1.165, 1.54) is 0 Å². The normalized spacial score (nSPS) is 10.5. The van der Waals surface area contributed by atoms with Crippen LogP contribution in [-0.2, 0) is 13.0 Å². The molecule has 0 bridgehead atoms. The standard InChI is InChI=1S/C19H25NO3S/c1-21-16-8-6-5-7-15(16)13-20-10-9-14-11-18(23-3)19(24-4)12-17(14)22-2/h5-8,11-12,20H,9-10,13H2,1-4H3. The van der Waals surface area contributed by atoms with Gasteiger partial charge in [0.15, 0.2) is 0 Å². The molecule has 0 saturated heterocycles. The highest BCUT2D eigenvalue weighted by atomic mass is 32.2. The molecule has 0 amide bonds. The number of methoxy groups -OCH3 is 3. The van der Waals surface area contributed by atoms with Gasteiger partial charge in [0.2, 0.25) is 0 Å². The molecule has 1 N–H and O–H groups in total. The quantitative estimate of drug-likeness (QED) is 0.552. The van der Waals surface area contributed by atoms with Crippen LogP contribution in [-0.4, -0.2) is 34.1 Å². The number of nitrogens with one attached hydrogen (secondary N) is 1. The van der Waals surface area contributed by atoms with E-state index in [2.05, 4.69) is 17.4 Å². The highest BCUT2D eigenvalue weighted by Crippen LogP contribution is 2.34. The Morgan fingerprint density at radius 1 is 0.875 bits per heavy atom. The second kappa shape index (κ2) is 9.45. The summed E-state index contributed by atoms with van der Waals surface area (Å²) in [6, 6.07) is 12.2. The Bertz CT molecular complexity index is 661. The van der Waals surface area contributed by atoms with E-state index < -0.39 is 0 Å². The third-order valence-electron chi connectivity index (χ3n) is 3.87. The molecule has 0 radical (unpaired) electrons. The molecule has 4 nitrogen and oxygen atoms in total. The van der Waals surface area contributed by atoms with Gasteiger partial charge in [0.1, 0.15) is 17.2 Å². The highest BCUT2D eigenvalue weighted by Gasteiger charge is 2.10. The van der Waals surface area contributed by atoms with Crippen LogP contribution in [0.2, 0.25) is 0 Å². The lowest BCUT2D eigenvalue weighted by molar-refractivity contribution is 0.390. The molecule has 0 aliphatic rings. The number of thioether (sulfide) groups is 1. The van der Waals surface area contributed by atoms with Gasteiger partial charge in [0, 0.05) is 12.1 Å². The van der Waals surface area contributed by atoms with E-state index in [1.54, 1.807) is 33.1 Å². The maximum absolute atomic E-state index is 5.52. The third kappa shape index (κ3) is 4.58. The van der Waals surface area contributed by atoms with Gasteiger partial charge >= 0.3 is 0 Å². The summed E-state index contributed by atoms with van der Waals surface area (Å²) in [6.07, 6.45) is 2.90. The first-order valence-corrected chi connectivity index (χ1v) is 9.07. The van der Waals surface area contributed by atoms with Crippen molar-refractivity contribution < 1.29 is 14.2 Å². The van der Waals surface area contributed by atoms with Gasteiger partial charge < -0.3 is 19.5 Å². The molecule has 0 saturated carbocycles. The van der Waals surface area contributed by atoms with Crippen LogP contribution in [0.15, 0.2) is 41.3 Å². The lowest BCUT2D eigenvalue weighted by Crippen LogP contribution is -2.17. The molecule has 5 heteroatoms. The molecular formula is C19H25NO3S. The molecule has 0 aromatic heterocycles. The van der Waals surface area contributed by atoms with Crippen LogP contribution in [0.25, 0.3) is 0 Å². The summed E-state index contributed by atoms with van der Waals surface area (Å²) in [5.74, 6) is 2.70.